The first kappa shape index (κ1) is 30.0. The Morgan fingerprint density at radius 3 is 2.08 bits per heavy atom. The Balaban J connectivity index is 1.76. The maximum atomic E-state index is 13.0. The molecule has 0 aromatic heterocycles. The third kappa shape index (κ3) is 7.09. The second-order valence-electron chi connectivity index (χ2n) is 11.3. The molecular weight excluding hydrogens is 498 g/mol. The minimum absolute atomic E-state index is 0.0193. The Bertz CT molecular complexity index is 897. The average molecular weight is 537 g/mol. The first-order valence-corrected chi connectivity index (χ1v) is 13.1. The standard InChI is InChI=1S/C28H38F6O3/c1-18-7-10-24(25(13-14-25)11-4-12-26(37,27(29,30)31)28(32,33)34)19(2)5-3-6-21(18)9-8-20-15-22(35)17-23(36)16-20/h4,8-10,12,18-19,22-23,35-37H,3,5-7,11,13-17H2,1-2H3/b12-4-,20-8?,21-9+,24-10+/t18?,19-,22+,23?/m0/s1. The zero-order chi connectivity index (χ0) is 27.6. The van der Waals surface area contributed by atoms with Gasteiger partial charge in [-0.25, -0.2) is 0 Å². The Kier molecular flexibility index (Phi) is 9.12. The van der Waals surface area contributed by atoms with Gasteiger partial charge >= 0.3 is 12.4 Å². The lowest BCUT2D eigenvalue weighted by Crippen LogP contribution is -2.55. The smallest absolute Gasteiger partial charge is 0.393 e. The van der Waals surface area contributed by atoms with Gasteiger partial charge < -0.3 is 15.3 Å². The molecule has 0 spiro atoms. The van der Waals surface area contributed by atoms with Crippen molar-refractivity contribution in [3.05, 3.63) is 47.1 Å². The van der Waals surface area contributed by atoms with E-state index in [4.69, 9.17) is 0 Å². The van der Waals surface area contributed by atoms with E-state index in [1.807, 2.05) is 6.08 Å². The molecule has 0 saturated heterocycles. The van der Waals surface area contributed by atoms with Gasteiger partial charge in [0.05, 0.1) is 12.2 Å². The van der Waals surface area contributed by atoms with E-state index in [-0.39, 0.29) is 24.3 Å². The van der Waals surface area contributed by atoms with Gasteiger partial charge in [0, 0.05) is 0 Å². The van der Waals surface area contributed by atoms with E-state index in [2.05, 4.69) is 26.0 Å². The van der Waals surface area contributed by atoms with Crippen LogP contribution in [0.3, 0.4) is 0 Å². The van der Waals surface area contributed by atoms with Gasteiger partial charge in [-0.05, 0) is 87.5 Å². The fourth-order valence-corrected chi connectivity index (χ4v) is 5.75. The number of halogens is 6. The summed E-state index contributed by atoms with van der Waals surface area (Å²) in [4.78, 5) is 0. The van der Waals surface area contributed by atoms with Crippen LogP contribution in [0.15, 0.2) is 47.1 Å². The molecule has 2 fully saturated rings. The zero-order valence-corrected chi connectivity index (χ0v) is 21.4. The van der Waals surface area contributed by atoms with Crippen LogP contribution < -0.4 is 0 Å². The largest absolute Gasteiger partial charge is 0.429 e. The SMILES string of the molecule is CC1C/C=C(/C2(C/C=C\C(O)(C(F)(F)F)C(F)(F)F)CC2)[C@@H](C)CCC/C1=C\C=C1CC(O)C[C@H](O)C1. The van der Waals surface area contributed by atoms with Gasteiger partial charge in [-0.3, -0.25) is 0 Å². The Hall–Kier alpha value is -1.58. The topological polar surface area (TPSA) is 60.7 Å². The lowest BCUT2D eigenvalue weighted by Gasteiger charge is -2.30. The quantitative estimate of drug-likeness (QED) is 0.260. The van der Waals surface area contributed by atoms with Gasteiger partial charge in [0.2, 0.25) is 0 Å². The molecule has 210 valence electrons. The molecule has 2 unspecified atom stereocenters. The van der Waals surface area contributed by atoms with Crippen LogP contribution in [-0.4, -0.2) is 45.5 Å². The van der Waals surface area contributed by atoms with E-state index >= 15 is 0 Å². The molecule has 9 heteroatoms. The second-order valence-corrected chi connectivity index (χ2v) is 11.3. The molecule has 0 aliphatic heterocycles. The Labute approximate surface area is 214 Å². The molecule has 3 aliphatic carbocycles. The highest BCUT2D eigenvalue weighted by molar-refractivity contribution is 5.29. The van der Waals surface area contributed by atoms with Crippen molar-refractivity contribution < 1.29 is 41.7 Å². The highest BCUT2D eigenvalue weighted by Crippen LogP contribution is 2.58. The van der Waals surface area contributed by atoms with Crippen molar-refractivity contribution in [2.24, 2.45) is 17.3 Å². The molecular formula is C28H38F6O3. The van der Waals surface area contributed by atoms with E-state index in [0.29, 0.717) is 38.5 Å². The average Bonchev–Trinajstić information content (AvgIpc) is 3.52. The monoisotopic (exact) mass is 536 g/mol. The lowest BCUT2D eigenvalue weighted by atomic mass is 9.80. The van der Waals surface area contributed by atoms with E-state index in [1.165, 1.54) is 5.57 Å². The van der Waals surface area contributed by atoms with Crippen molar-refractivity contribution in [2.75, 3.05) is 0 Å². The normalized spacial score (nSPS) is 33.6. The van der Waals surface area contributed by atoms with E-state index in [1.54, 1.807) is 0 Å². The maximum Gasteiger partial charge on any atom is 0.429 e. The van der Waals surface area contributed by atoms with Gasteiger partial charge in [0.15, 0.2) is 0 Å². The van der Waals surface area contributed by atoms with Crippen molar-refractivity contribution in [3.63, 3.8) is 0 Å². The minimum Gasteiger partial charge on any atom is -0.393 e. The van der Waals surface area contributed by atoms with Crippen LogP contribution in [0, 0.1) is 17.3 Å². The Morgan fingerprint density at radius 1 is 0.946 bits per heavy atom. The van der Waals surface area contributed by atoms with Crippen LogP contribution in [0.1, 0.15) is 78.1 Å². The van der Waals surface area contributed by atoms with Crippen molar-refractivity contribution in [2.45, 2.75) is 108 Å². The van der Waals surface area contributed by atoms with Crippen LogP contribution in [0.2, 0.25) is 0 Å². The van der Waals surface area contributed by atoms with Crippen molar-refractivity contribution in [1.82, 2.24) is 0 Å². The molecule has 0 bridgehead atoms. The van der Waals surface area contributed by atoms with Crippen LogP contribution in [0.5, 0.6) is 0 Å². The summed E-state index contributed by atoms with van der Waals surface area (Å²) in [5.41, 5.74) is -1.97. The summed E-state index contributed by atoms with van der Waals surface area (Å²) in [5.74, 6) is 0.344. The molecule has 0 radical (unpaired) electrons. The highest BCUT2D eigenvalue weighted by atomic mass is 19.4. The van der Waals surface area contributed by atoms with E-state index in [0.717, 1.165) is 36.5 Å². The molecule has 37 heavy (non-hydrogen) atoms. The van der Waals surface area contributed by atoms with Crippen LogP contribution in [0.25, 0.3) is 0 Å². The van der Waals surface area contributed by atoms with Gasteiger partial charge in [0.1, 0.15) is 0 Å². The van der Waals surface area contributed by atoms with Gasteiger partial charge in [-0.1, -0.05) is 54.9 Å². The fraction of sp³-hybridized carbons (Fsp3) is 0.714. The summed E-state index contributed by atoms with van der Waals surface area (Å²) in [5, 5.41) is 29.3. The highest BCUT2D eigenvalue weighted by Gasteiger charge is 2.69. The second kappa shape index (κ2) is 11.3. The predicted octanol–water partition coefficient (Wildman–Crippen LogP) is 7.10. The number of rotatable bonds is 5. The molecule has 3 N–H and O–H groups in total. The maximum absolute atomic E-state index is 13.0. The summed E-state index contributed by atoms with van der Waals surface area (Å²) < 4.78 is 78.2. The molecule has 0 heterocycles. The van der Waals surface area contributed by atoms with Crippen LogP contribution in [0.4, 0.5) is 26.3 Å². The minimum atomic E-state index is -5.86. The molecule has 3 nitrogen and oxygen atoms in total. The first-order valence-electron chi connectivity index (χ1n) is 13.1. The third-order valence-electron chi connectivity index (χ3n) is 8.23. The van der Waals surface area contributed by atoms with Gasteiger partial charge in [-0.2, -0.15) is 26.3 Å². The molecule has 0 aromatic carbocycles. The molecule has 4 atom stereocenters. The molecule has 2 saturated carbocycles. The summed E-state index contributed by atoms with van der Waals surface area (Å²) in [6.07, 6.45) is 0.345. The van der Waals surface area contributed by atoms with Crippen molar-refractivity contribution in [1.29, 1.82) is 0 Å². The third-order valence-corrected chi connectivity index (χ3v) is 8.23. The molecule has 3 rings (SSSR count). The summed E-state index contributed by atoms with van der Waals surface area (Å²) in [7, 11) is 0. The number of aliphatic hydroxyl groups is 3. The van der Waals surface area contributed by atoms with Crippen molar-refractivity contribution >= 4 is 0 Å². The molecule has 0 amide bonds. The summed E-state index contributed by atoms with van der Waals surface area (Å²) in [6, 6.07) is 0. The summed E-state index contributed by atoms with van der Waals surface area (Å²) in [6.45, 7) is 4.16. The molecule has 3 aliphatic rings. The van der Waals surface area contributed by atoms with Crippen LogP contribution >= 0.6 is 0 Å². The lowest BCUT2D eigenvalue weighted by molar-refractivity contribution is -0.347. The number of alkyl halides is 6. The predicted molar refractivity (Wildman–Crippen MR) is 129 cm³/mol. The van der Waals surface area contributed by atoms with E-state index in [9.17, 15) is 41.7 Å². The van der Waals surface area contributed by atoms with Gasteiger partial charge in [-0.15, -0.1) is 0 Å². The number of hydrogen-bond acceptors (Lipinski definition) is 3. The van der Waals surface area contributed by atoms with Crippen molar-refractivity contribution in [3.8, 4) is 0 Å². The number of allylic oxidation sites excluding steroid dienone is 6. The number of aliphatic hydroxyl groups excluding tert-OH is 2. The summed E-state index contributed by atoms with van der Waals surface area (Å²) >= 11 is 0. The van der Waals surface area contributed by atoms with Crippen LogP contribution in [-0.2, 0) is 0 Å². The van der Waals surface area contributed by atoms with Gasteiger partial charge in [0.25, 0.3) is 5.60 Å². The zero-order valence-electron chi connectivity index (χ0n) is 21.4. The fourth-order valence-electron chi connectivity index (χ4n) is 5.75. The van der Waals surface area contributed by atoms with E-state index < -0.39 is 35.6 Å². The molecule has 0 aromatic rings. The Morgan fingerprint density at radius 2 is 1.54 bits per heavy atom. The first-order chi connectivity index (χ1) is 17.1. The number of hydrogen-bond donors (Lipinski definition) is 3.